The van der Waals surface area contributed by atoms with Gasteiger partial charge in [0.05, 0.1) is 12.8 Å². The summed E-state index contributed by atoms with van der Waals surface area (Å²) in [7, 11) is 5.26. The normalized spacial score (nSPS) is 10.5. The lowest BCUT2D eigenvalue weighted by atomic mass is 10.1. The van der Waals surface area contributed by atoms with Crippen LogP contribution in [-0.4, -0.2) is 18.7 Å². The number of nitrogens with zero attached hydrogens (tertiary/aromatic N) is 1. The molecule has 0 aliphatic rings. The molecule has 0 radical (unpaired) electrons. The Bertz CT molecular complexity index is 615. The quantitative estimate of drug-likeness (QED) is 0.909. The highest BCUT2D eigenvalue weighted by Gasteiger charge is 2.07. The van der Waals surface area contributed by atoms with Crippen LogP contribution < -0.4 is 15.6 Å². The number of nitrogens with one attached hydrogen (secondary N) is 1. The fraction of sp³-hybridized carbons (Fsp3) is 0.267. The molecule has 0 bridgehead atoms. The molecule has 19 heavy (non-hydrogen) atoms. The third kappa shape index (κ3) is 2.69. The molecular formula is C15H18N2O2. The Kier molecular flexibility index (Phi) is 4.02. The number of ether oxygens (including phenoxy) is 1. The summed E-state index contributed by atoms with van der Waals surface area (Å²) in [5, 5.41) is 3.00. The Morgan fingerprint density at radius 1 is 1.16 bits per heavy atom. The van der Waals surface area contributed by atoms with Gasteiger partial charge in [-0.05, 0) is 42.9 Å². The van der Waals surface area contributed by atoms with Gasteiger partial charge in [0.1, 0.15) is 5.75 Å². The average molecular weight is 258 g/mol. The van der Waals surface area contributed by atoms with E-state index in [4.69, 9.17) is 4.74 Å². The molecule has 0 fully saturated rings. The number of methoxy groups -OCH3 is 1. The summed E-state index contributed by atoms with van der Waals surface area (Å²) in [6, 6.07) is 11.5. The zero-order valence-corrected chi connectivity index (χ0v) is 11.4. The smallest absolute Gasteiger partial charge is 0.255 e. The second kappa shape index (κ2) is 5.71. The van der Waals surface area contributed by atoms with E-state index >= 15 is 0 Å². The van der Waals surface area contributed by atoms with Gasteiger partial charge >= 0.3 is 0 Å². The lowest BCUT2D eigenvalue weighted by molar-refractivity contribution is 0.415. The molecule has 2 aromatic rings. The molecule has 4 heteroatoms. The Morgan fingerprint density at radius 3 is 2.42 bits per heavy atom. The minimum absolute atomic E-state index is 0.0302. The van der Waals surface area contributed by atoms with Crippen molar-refractivity contribution >= 4 is 0 Å². The summed E-state index contributed by atoms with van der Waals surface area (Å²) < 4.78 is 6.81. The fourth-order valence-corrected chi connectivity index (χ4v) is 2.06. The minimum atomic E-state index is 0.0302. The van der Waals surface area contributed by atoms with Crippen LogP contribution in [0.1, 0.15) is 5.56 Å². The first-order chi connectivity index (χ1) is 9.17. The molecule has 100 valence electrons. The van der Waals surface area contributed by atoms with Crippen molar-refractivity contribution in [2.45, 2.75) is 6.54 Å². The fourth-order valence-electron chi connectivity index (χ4n) is 2.06. The van der Waals surface area contributed by atoms with Crippen molar-refractivity contribution in [1.29, 1.82) is 0 Å². The molecule has 1 aromatic carbocycles. The van der Waals surface area contributed by atoms with Crippen LogP contribution in [0, 0.1) is 0 Å². The van der Waals surface area contributed by atoms with E-state index in [1.807, 2.05) is 43.4 Å². The standard InChI is InChI=1S/C15H18N2O2/c1-16-10-12-6-9-14(17(2)15(12)18)11-4-7-13(19-3)8-5-11/h4-9,16H,10H2,1-3H3. The van der Waals surface area contributed by atoms with E-state index in [0.717, 1.165) is 22.6 Å². The summed E-state index contributed by atoms with van der Waals surface area (Å²) in [6.07, 6.45) is 0. The van der Waals surface area contributed by atoms with E-state index in [1.54, 1.807) is 18.7 Å². The molecule has 1 aromatic heterocycles. The zero-order chi connectivity index (χ0) is 13.8. The number of hydrogen-bond donors (Lipinski definition) is 1. The van der Waals surface area contributed by atoms with Gasteiger partial charge in [0.2, 0.25) is 0 Å². The van der Waals surface area contributed by atoms with Crippen molar-refractivity contribution in [3.8, 4) is 17.0 Å². The molecule has 0 aliphatic heterocycles. The monoisotopic (exact) mass is 258 g/mol. The molecule has 2 rings (SSSR count). The van der Waals surface area contributed by atoms with Crippen molar-refractivity contribution in [1.82, 2.24) is 9.88 Å². The van der Waals surface area contributed by atoms with Gasteiger partial charge in [0, 0.05) is 19.2 Å². The van der Waals surface area contributed by atoms with Crippen molar-refractivity contribution in [3.63, 3.8) is 0 Å². The summed E-state index contributed by atoms with van der Waals surface area (Å²) in [5.74, 6) is 0.806. The predicted octanol–water partition coefficient (Wildman–Crippen LogP) is 1.78. The highest BCUT2D eigenvalue weighted by molar-refractivity contribution is 5.60. The molecule has 0 saturated heterocycles. The second-order valence-corrected chi connectivity index (χ2v) is 4.37. The molecule has 0 atom stereocenters. The van der Waals surface area contributed by atoms with Gasteiger partial charge in [-0.2, -0.15) is 0 Å². The lowest BCUT2D eigenvalue weighted by Gasteiger charge is -2.11. The molecule has 0 saturated carbocycles. The first-order valence-electron chi connectivity index (χ1n) is 6.15. The van der Waals surface area contributed by atoms with Gasteiger partial charge in [-0.1, -0.05) is 6.07 Å². The van der Waals surface area contributed by atoms with Gasteiger partial charge in [-0.3, -0.25) is 4.79 Å². The Morgan fingerprint density at radius 2 is 1.84 bits per heavy atom. The van der Waals surface area contributed by atoms with Crippen molar-refractivity contribution in [2.75, 3.05) is 14.2 Å². The van der Waals surface area contributed by atoms with Crippen molar-refractivity contribution in [2.24, 2.45) is 7.05 Å². The van der Waals surface area contributed by atoms with Crippen LogP contribution in [0.3, 0.4) is 0 Å². The highest BCUT2D eigenvalue weighted by atomic mass is 16.5. The van der Waals surface area contributed by atoms with Crippen LogP contribution in [0.25, 0.3) is 11.3 Å². The van der Waals surface area contributed by atoms with Crippen LogP contribution in [0.4, 0.5) is 0 Å². The van der Waals surface area contributed by atoms with E-state index in [2.05, 4.69) is 5.32 Å². The number of aromatic nitrogens is 1. The summed E-state index contributed by atoms with van der Waals surface area (Å²) in [6.45, 7) is 0.579. The zero-order valence-electron chi connectivity index (χ0n) is 11.4. The van der Waals surface area contributed by atoms with Crippen molar-refractivity contribution in [3.05, 3.63) is 52.3 Å². The Balaban J connectivity index is 2.45. The van der Waals surface area contributed by atoms with Gasteiger partial charge in [0.15, 0.2) is 0 Å². The van der Waals surface area contributed by atoms with E-state index in [9.17, 15) is 4.79 Å². The van der Waals surface area contributed by atoms with E-state index in [-0.39, 0.29) is 5.56 Å². The average Bonchev–Trinajstić information content (AvgIpc) is 2.45. The molecule has 0 amide bonds. The van der Waals surface area contributed by atoms with Crippen LogP contribution in [0.2, 0.25) is 0 Å². The van der Waals surface area contributed by atoms with Gasteiger partial charge in [-0.15, -0.1) is 0 Å². The molecule has 1 heterocycles. The third-order valence-corrected chi connectivity index (χ3v) is 3.14. The Labute approximate surface area is 112 Å². The van der Waals surface area contributed by atoms with Crippen LogP contribution in [0.5, 0.6) is 5.75 Å². The van der Waals surface area contributed by atoms with Crippen molar-refractivity contribution < 1.29 is 4.74 Å². The molecular weight excluding hydrogens is 240 g/mol. The van der Waals surface area contributed by atoms with E-state index in [1.165, 1.54) is 0 Å². The SMILES string of the molecule is CNCc1ccc(-c2ccc(OC)cc2)n(C)c1=O. The summed E-state index contributed by atoms with van der Waals surface area (Å²) in [5.41, 5.74) is 2.69. The van der Waals surface area contributed by atoms with Gasteiger partial charge in [0.25, 0.3) is 5.56 Å². The lowest BCUT2D eigenvalue weighted by Crippen LogP contribution is -2.25. The third-order valence-electron chi connectivity index (χ3n) is 3.14. The molecule has 4 nitrogen and oxygen atoms in total. The number of rotatable bonds is 4. The van der Waals surface area contributed by atoms with Crippen LogP contribution in [-0.2, 0) is 13.6 Å². The second-order valence-electron chi connectivity index (χ2n) is 4.37. The minimum Gasteiger partial charge on any atom is -0.497 e. The van der Waals surface area contributed by atoms with E-state index in [0.29, 0.717) is 6.54 Å². The number of hydrogen-bond acceptors (Lipinski definition) is 3. The summed E-state index contributed by atoms with van der Waals surface area (Å²) in [4.78, 5) is 12.2. The maximum absolute atomic E-state index is 12.2. The predicted molar refractivity (Wildman–Crippen MR) is 76.4 cm³/mol. The topological polar surface area (TPSA) is 43.3 Å². The van der Waals surface area contributed by atoms with Gasteiger partial charge in [-0.25, -0.2) is 0 Å². The van der Waals surface area contributed by atoms with Gasteiger partial charge < -0.3 is 14.6 Å². The molecule has 0 aliphatic carbocycles. The molecule has 1 N–H and O–H groups in total. The maximum atomic E-state index is 12.2. The van der Waals surface area contributed by atoms with Crippen LogP contribution in [0.15, 0.2) is 41.2 Å². The first-order valence-corrected chi connectivity index (χ1v) is 6.15. The number of benzene rings is 1. The maximum Gasteiger partial charge on any atom is 0.255 e. The van der Waals surface area contributed by atoms with E-state index < -0.39 is 0 Å². The van der Waals surface area contributed by atoms with Crippen LogP contribution >= 0.6 is 0 Å². The first kappa shape index (κ1) is 13.4. The Hall–Kier alpha value is -2.07. The largest absolute Gasteiger partial charge is 0.497 e. The number of pyridine rings is 1. The summed E-state index contributed by atoms with van der Waals surface area (Å²) >= 11 is 0. The highest BCUT2D eigenvalue weighted by Crippen LogP contribution is 2.21. The molecule has 0 spiro atoms. The molecule has 0 unspecified atom stereocenters.